The molecular formula is C22H32ClIN2O6. The van der Waals surface area contributed by atoms with Gasteiger partial charge in [-0.1, -0.05) is 12.1 Å². The molecule has 1 aromatic carbocycles. The van der Waals surface area contributed by atoms with E-state index in [1.54, 1.807) is 0 Å². The fourth-order valence-corrected chi connectivity index (χ4v) is 3.49. The van der Waals surface area contributed by atoms with Gasteiger partial charge in [0, 0.05) is 23.0 Å². The van der Waals surface area contributed by atoms with Gasteiger partial charge in [0.1, 0.15) is 12.0 Å². The van der Waals surface area contributed by atoms with Crippen molar-refractivity contribution in [3.63, 3.8) is 0 Å². The van der Waals surface area contributed by atoms with Gasteiger partial charge < -0.3 is 15.7 Å². The van der Waals surface area contributed by atoms with Gasteiger partial charge in [0.15, 0.2) is 0 Å². The molecule has 180 valence electrons. The number of amides is 2. The van der Waals surface area contributed by atoms with Crippen molar-refractivity contribution in [1.29, 1.82) is 0 Å². The van der Waals surface area contributed by atoms with Crippen LogP contribution in [0.5, 0.6) is 0 Å². The van der Waals surface area contributed by atoms with Crippen LogP contribution in [0.15, 0.2) is 24.3 Å². The number of hydrogen-bond acceptors (Lipinski definition) is 5. The summed E-state index contributed by atoms with van der Waals surface area (Å²) in [5.74, 6) is -1.40. The summed E-state index contributed by atoms with van der Waals surface area (Å²) in [5, 5.41) is 13.5. The summed E-state index contributed by atoms with van der Waals surface area (Å²) in [7, 11) is 1.38. The van der Waals surface area contributed by atoms with E-state index in [0.717, 1.165) is 25.7 Å². The molecule has 10 heteroatoms. The van der Waals surface area contributed by atoms with Gasteiger partial charge in [0.25, 0.3) is 0 Å². The first-order valence-electron chi connectivity index (χ1n) is 10.6. The van der Waals surface area contributed by atoms with Crippen LogP contribution in [0.1, 0.15) is 50.5 Å². The van der Waals surface area contributed by atoms with Gasteiger partial charge in [-0.3, -0.25) is 14.4 Å². The summed E-state index contributed by atoms with van der Waals surface area (Å²) in [4.78, 5) is 44.3. The maximum absolute atomic E-state index is 12.1. The Morgan fingerprint density at radius 2 is 1.81 bits per heavy atom. The van der Waals surface area contributed by atoms with Crippen LogP contribution >= 0.6 is 34.2 Å². The zero-order valence-corrected chi connectivity index (χ0v) is 21.2. The molecule has 3 N–H and O–H groups in total. The van der Waals surface area contributed by atoms with E-state index in [9.17, 15) is 14.4 Å². The van der Waals surface area contributed by atoms with Gasteiger partial charge in [-0.2, -0.15) is 0 Å². The van der Waals surface area contributed by atoms with Crippen LogP contribution in [-0.2, 0) is 30.6 Å². The number of carboxylic acid groups (broad SMARTS) is 1. The Morgan fingerprint density at radius 1 is 1.09 bits per heavy atom. The van der Waals surface area contributed by atoms with Crippen LogP contribution in [0.2, 0.25) is 0 Å². The minimum Gasteiger partial charge on any atom is -0.481 e. The first kappa shape index (κ1) is 28.6. The third kappa shape index (κ3) is 13.9. The number of alkyl halides is 1. The van der Waals surface area contributed by atoms with Crippen LogP contribution in [-0.4, -0.2) is 54.6 Å². The molecule has 2 amide bonds. The zero-order chi connectivity index (χ0) is 23.8. The highest BCUT2D eigenvalue weighted by atomic mass is 127. The standard InChI is InChI=1S/C22H32ClIN2O6/c1-31-32-15-18(26-22(30)19(23)12-13-21(28)29)6-2-3-14-25-20(27)7-4-5-16-8-10-17(24)11-9-16/h8-11,18-19H,2-7,12-15H2,1H3,(H,25,27)(H,26,30)(H,28,29)/t18-,19+/m1/s1. The Kier molecular flexibility index (Phi) is 15.3. The van der Waals surface area contributed by atoms with Crippen molar-refractivity contribution < 1.29 is 29.3 Å². The first-order valence-corrected chi connectivity index (χ1v) is 12.2. The summed E-state index contributed by atoms with van der Waals surface area (Å²) in [6, 6.07) is 7.97. The van der Waals surface area contributed by atoms with Gasteiger partial charge in [0.2, 0.25) is 11.8 Å². The molecule has 0 aliphatic carbocycles. The maximum atomic E-state index is 12.1. The molecule has 0 saturated heterocycles. The molecule has 0 bridgehead atoms. The van der Waals surface area contributed by atoms with E-state index in [-0.39, 0.29) is 31.4 Å². The lowest BCUT2D eigenvalue weighted by Gasteiger charge is -2.19. The second-order valence-corrected chi connectivity index (χ2v) is 9.15. The highest BCUT2D eigenvalue weighted by Gasteiger charge is 2.20. The molecule has 8 nitrogen and oxygen atoms in total. The maximum Gasteiger partial charge on any atom is 0.303 e. The molecule has 0 aliphatic heterocycles. The molecule has 0 radical (unpaired) electrons. The van der Waals surface area contributed by atoms with Gasteiger partial charge in [0.05, 0.1) is 13.2 Å². The van der Waals surface area contributed by atoms with E-state index in [0.29, 0.717) is 19.4 Å². The molecule has 0 aliphatic rings. The van der Waals surface area contributed by atoms with E-state index in [1.165, 1.54) is 16.2 Å². The predicted molar refractivity (Wildman–Crippen MR) is 130 cm³/mol. The second kappa shape index (κ2) is 17.1. The van der Waals surface area contributed by atoms with Crippen LogP contribution < -0.4 is 10.6 Å². The number of hydrogen-bond donors (Lipinski definition) is 3. The molecule has 0 unspecified atom stereocenters. The monoisotopic (exact) mass is 582 g/mol. The van der Waals surface area contributed by atoms with E-state index < -0.39 is 17.3 Å². The minimum absolute atomic E-state index is 0.0338. The zero-order valence-electron chi connectivity index (χ0n) is 18.3. The van der Waals surface area contributed by atoms with Gasteiger partial charge in [-0.25, -0.2) is 9.78 Å². The van der Waals surface area contributed by atoms with Crippen molar-refractivity contribution in [2.75, 3.05) is 20.3 Å². The number of halogens is 2. The Balaban J connectivity index is 2.22. The van der Waals surface area contributed by atoms with Crippen LogP contribution in [0.4, 0.5) is 0 Å². The number of nitrogens with one attached hydrogen (secondary N) is 2. The smallest absolute Gasteiger partial charge is 0.303 e. The molecule has 1 rings (SSSR count). The van der Waals surface area contributed by atoms with Crippen molar-refractivity contribution in [3.8, 4) is 0 Å². The lowest BCUT2D eigenvalue weighted by atomic mass is 10.1. The van der Waals surface area contributed by atoms with Gasteiger partial charge in [-0.15, -0.1) is 11.6 Å². The summed E-state index contributed by atoms with van der Waals surface area (Å²) >= 11 is 8.23. The van der Waals surface area contributed by atoms with Gasteiger partial charge >= 0.3 is 5.97 Å². The lowest BCUT2D eigenvalue weighted by molar-refractivity contribution is -0.276. The van der Waals surface area contributed by atoms with Crippen molar-refractivity contribution in [3.05, 3.63) is 33.4 Å². The molecule has 0 saturated carbocycles. The fraction of sp³-hybridized carbons (Fsp3) is 0.591. The molecule has 0 aromatic heterocycles. The van der Waals surface area contributed by atoms with E-state index in [4.69, 9.17) is 21.6 Å². The third-order valence-corrected chi connectivity index (χ3v) is 5.85. The number of carboxylic acids is 1. The molecule has 0 fully saturated rings. The molecule has 0 spiro atoms. The molecule has 2 atom stereocenters. The number of rotatable bonds is 17. The van der Waals surface area contributed by atoms with Crippen molar-refractivity contribution in [2.45, 2.75) is 62.8 Å². The molecular weight excluding hydrogens is 551 g/mol. The minimum atomic E-state index is -1.00. The highest BCUT2D eigenvalue weighted by Crippen LogP contribution is 2.10. The van der Waals surface area contributed by atoms with Crippen LogP contribution in [0.25, 0.3) is 0 Å². The normalized spacial score (nSPS) is 12.7. The van der Waals surface area contributed by atoms with E-state index in [1.807, 2.05) is 0 Å². The summed E-state index contributed by atoms with van der Waals surface area (Å²) in [6.07, 6.45) is 4.16. The summed E-state index contributed by atoms with van der Waals surface area (Å²) in [6.45, 7) is 0.709. The largest absolute Gasteiger partial charge is 0.481 e. The number of aliphatic carboxylic acids is 1. The highest BCUT2D eigenvalue weighted by molar-refractivity contribution is 14.1. The Hall–Kier alpha value is -1.43. The number of carbonyl (C=O) groups excluding carboxylic acids is 2. The lowest BCUT2D eigenvalue weighted by Crippen LogP contribution is -2.42. The number of carbonyl (C=O) groups is 3. The average molecular weight is 583 g/mol. The number of unbranched alkanes of at least 4 members (excludes halogenated alkanes) is 1. The topological polar surface area (TPSA) is 114 Å². The van der Waals surface area contributed by atoms with E-state index >= 15 is 0 Å². The third-order valence-electron chi connectivity index (χ3n) is 4.71. The van der Waals surface area contributed by atoms with Crippen molar-refractivity contribution in [2.24, 2.45) is 0 Å². The summed E-state index contributed by atoms with van der Waals surface area (Å²) < 4.78 is 1.19. The van der Waals surface area contributed by atoms with Crippen LogP contribution in [0.3, 0.4) is 0 Å². The van der Waals surface area contributed by atoms with E-state index in [2.05, 4.69) is 62.4 Å². The average Bonchev–Trinajstić information content (AvgIpc) is 2.76. The molecule has 0 heterocycles. The van der Waals surface area contributed by atoms with Crippen molar-refractivity contribution in [1.82, 2.24) is 10.6 Å². The summed E-state index contributed by atoms with van der Waals surface area (Å²) in [5.41, 5.74) is 1.23. The van der Waals surface area contributed by atoms with Crippen molar-refractivity contribution >= 4 is 52.0 Å². The predicted octanol–water partition coefficient (Wildman–Crippen LogP) is 3.44. The Morgan fingerprint density at radius 3 is 2.47 bits per heavy atom. The van der Waals surface area contributed by atoms with Crippen LogP contribution in [0, 0.1) is 3.57 Å². The Labute approximate surface area is 207 Å². The number of aryl methyl sites for hydroxylation is 1. The van der Waals surface area contributed by atoms with Gasteiger partial charge in [-0.05, 0) is 78.8 Å². The SMILES string of the molecule is COOC[C@@H](CCCCNC(=O)CCCc1ccc(I)cc1)NC(=O)[C@@H](Cl)CCC(=O)O. The second-order valence-electron chi connectivity index (χ2n) is 7.38. The Bertz CT molecular complexity index is 704. The fourth-order valence-electron chi connectivity index (χ4n) is 2.96. The number of benzene rings is 1. The first-order chi connectivity index (χ1) is 15.3. The molecule has 32 heavy (non-hydrogen) atoms. The quantitative estimate of drug-likeness (QED) is 0.0853. The molecule has 1 aromatic rings.